The quantitative estimate of drug-likeness (QED) is 0.141. The molecule has 0 radical (unpaired) electrons. The van der Waals surface area contributed by atoms with Crippen LogP contribution in [0.2, 0.25) is 0 Å². The molecule has 7 rings (SSSR count). The van der Waals surface area contributed by atoms with Crippen molar-refractivity contribution in [2.24, 2.45) is 20.0 Å². The summed E-state index contributed by atoms with van der Waals surface area (Å²) in [7, 11) is 0. The Hall–Kier alpha value is -7.18. The molecule has 0 aliphatic carbocycles. The molecule has 6 heteroatoms. The number of aromatic hydroxyl groups is 2. The minimum Gasteiger partial charge on any atom is -0.508 e. The molecule has 0 saturated carbocycles. The monoisotopic (exact) mass is 674 g/mol. The molecular formula is C46H34N4O2. The van der Waals surface area contributed by atoms with Gasteiger partial charge in [-0.1, -0.05) is 72.8 Å². The summed E-state index contributed by atoms with van der Waals surface area (Å²) in [6, 6.07) is 54.6. The lowest BCUT2D eigenvalue weighted by Gasteiger charge is -2.03. The predicted molar refractivity (Wildman–Crippen MR) is 215 cm³/mol. The highest BCUT2D eigenvalue weighted by atomic mass is 16.3. The van der Waals surface area contributed by atoms with Gasteiger partial charge in [0.2, 0.25) is 0 Å². The van der Waals surface area contributed by atoms with Gasteiger partial charge in [0.25, 0.3) is 0 Å². The molecule has 0 aliphatic rings. The Morgan fingerprint density at radius 3 is 0.654 bits per heavy atom. The van der Waals surface area contributed by atoms with E-state index in [1.807, 2.05) is 109 Å². The van der Waals surface area contributed by atoms with Crippen LogP contribution in [0.25, 0.3) is 22.3 Å². The average Bonchev–Trinajstić information content (AvgIpc) is 3.20. The van der Waals surface area contributed by atoms with E-state index in [1.54, 1.807) is 36.7 Å². The second-order valence-corrected chi connectivity index (χ2v) is 12.1. The lowest BCUT2D eigenvalue weighted by molar-refractivity contribution is 0.475. The maximum Gasteiger partial charge on any atom is 0.115 e. The van der Waals surface area contributed by atoms with Crippen molar-refractivity contribution < 1.29 is 10.2 Å². The molecule has 0 unspecified atom stereocenters. The number of hydrogen-bond donors (Lipinski definition) is 2. The zero-order chi connectivity index (χ0) is 35.5. The van der Waals surface area contributed by atoms with Crippen molar-refractivity contribution in [3.05, 3.63) is 192 Å². The summed E-state index contributed by atoms with van der Waals surface area (Å²) in [6.45, 7) is 0. The summed E-state index contributed by atoms with van der Waals surface area (Å²) in [5, 5.41) is 18.9. The van der Waals surface area contributed by atoms with Crippen molar-refractivity contribution in [1.29, 1.82) is 0 Å². The van der Waals surface area contributed by atoms with Crippen LogP contribution in [0.4, 0.5) is 22.7 Å². The van der Waals surface area contributed by atoms with Gasteiger partial charge in [0, 0.05) is 24.9 Å². The third-order valence-electron chi connectivity index (χ3n) is 8.31. The fourth-order valence-corrected chi connectivity index (χ4v) is 5.34. The number of aliphatic imine (C=N–C) groups is 4. The lowest BCUT2D eigenvalue weighted by atomic mass is 10.1. The van der Waals surface area contributed by atoms with E-state index in [9.17, 15) is 10.2 Å². The first kappa shape index (κ1) is 33.3. The van der Waals surface area contributed by atoms with Crippen LogP contribution in [0.3, 0.4) is 0 Å². The largest absolute Gasteiger partial charge is 0.508 e. The van der Waals surface area contributed by atoms with Crippen molar-refractivity contribution in [3.63, 3.8) is 0 Å². The maximum absolute atomic E-state index is 9.44. The summed E-state index contributed by atoms with van der Waals surface area (Å²) in [4.78, 5) is 18.4. The van der Waals surface area contributed by atoms with Gasteiger partial charge in [0.1, 0.15) is 11.5 Å². The summed E-state index contributed by atoms with van der Waals surface area (Å²) in [6.07, 6.45) is 7.30. The highest BCUT2D eigenvalue weighted by Gasteiger charge is 2.01. The average molecular weight is 675 g/mol. The molecule has 250 valence electrons. The molecule has 0 spiro atoms. The smallest absolute Gasteiger partial charge is 0.115 e. The van der Waals surface area contributed by atoms with Crippen LogP contribution >= 0.6 is 0 Å². The number of phenols is 2. The first-order chi connectivity index (χ1) is 25.5. The van der Waals surface area contributed by atoms with Gasteiger partial charge in [0.15, 0.2) is 0 Å². The summed E-state index contributed by atoms with van der Waals surface area (Å²) in [5.41, 5.74) is 11.8. The number of benzene rings is 7. The predicted octanol–water partition coefficient (Wildman–Crippen LogP) is 11.4. The first-order valence-electron chi connectivity index (χ1n) is 16.8. The van der Waals surface area contributed by atoms with E-state index in [-0.39, 0.29) is 11.5 Å². The topological polar surface area (TPSA) is 89.9 Å². The van der Waals surface area contributed by atoms with Gasteiger partial charge in [-0.25, -0.2) is 0 Å². The molecule has 7 aromatic rings. The molecule has 7 aromatic carbocycles. The molecule has 52 heavy (non-hydrogen) atoms. The van der Waals surface area contributed by atoms with Crippen molar-refractivity contribution >= 4 is 47.6 Å². The van der Waals surface area contributed by atoms with E-state index < -0.39 is 0 Å². The summed E-state index contributed by atoms with van der Waals surface area (Å²) in [5.74, 6) is 0.481. The molecule has 6 nitrogen and oxygen atoms in total. The Balaban J connectivity index is 0.903. The second-order valence-electron chi connectivity index (χ2n) is 12.1. The van der Waals surface area contributed by atoms with Crippen molar-refractivity contribution in [2.45, 2.75) is 0 Å². The van der Waals surface area contributed by atoms with E-state index in [2.05, 4.69) is 68.5 Å². The number of rotatable bonds is 10. The van der Waals surface area contributed by atoms with Crippen LogP contribution in [-0.2, 0) is 0 Å². The standard InChI is InChI=1S/C46H34N4O2/c51-45-25-5-35(6-26-45)31-49-43-21-13-39(14-22-43)37-9-17-41(18-10-37)47-29-33-1-2-34(4-3-33)30-48-42-19-11-38(12-20-42)40-15-23-44(24-16-40)50-32-36-7-27-46(52)28-8-36/h1-32,51-52H. The Morgan fingerprint density at radius 2 is 0.442 bits per heavy atom. The highest BCUT2D eigenvalue weighted by molar-refractivity contribution is 5.87. The Kier molecular flexibility index (Phi) is 10.3. The van der Waals surface area contributed by atoms with Crippen molar-refractivity contribution in [2.75, 3.05) is 0 Å². The summed E-state index contributed by atoms with van der Waals surface area (Å²) < 4.78 is 0. The zero-order valence-electron chi connectivity index (χ0n) is 28.2. The van der Waals surface area contributed by atoms with Crippen LogP contribution in [0.15, 0.2) is 190 Å². The normalized spacial score (nSPS) is 11.7. The summed E-state index contributed by atoms with van der Waals surface area (Å²) >= 11 is 0. The van der Waals surface area contributed by atoms with Gasteiger partial charge in [0.05, 0.1) is 22.7 Å². The molecule has 0 aliphatic heterocycles. The fraction of sp³-hybridized carbons (Fsp3) is 0. The molecule has 0 aromatic heterocycles. The number of phenolic OH excluding ortho intramolecular Hbond substituents is 2. The van der Waals surface area contributed by atoms with Gasteiger partial charge in [-0.15, -0.1) is 0 Å². The van der Waals surface area contributed by atoms with Crippen LogP contribution in [0, 0.1) is 0 Å². The third kappa shape index (κ3) is 9.08. The van der Waals surface area contributed by atoms with Gasteiger partial charge in [-0.3, -0.25) is 20.0 Å². The Labute approximate surface area is 302 Å². The Morgan fingerprint density at radius 1 is 0.250 bits per heavy atom. The molecule has 0 saturated heterocycles. The molecule has 0 atom stereocenters. The van der Waals surface area contributed by atoms with Gasteiger partial charge >= 0.3 is 0 Å². The van der Waals surface area contributed by atoms with Crippen LogP contribution in [0.5, 0.6) is 11.5 Å². The van der Waals surface area contributed by atoms with Crippen molar-refractivity contribution in [3.8, 4) is 33.8 Å². The van der Waals surface area contributed by atoms with Gasteiger partial charge in [-0.2, -0.15) is 0 Å². The zero-order valence-corrected chi connectivity index (χ0v) is 28.2. The van der Waals surface area contributed by atoms with E-state index in [0.29, 0.717) is 0 Å². The van der Waals surface area contributed by atoms with Gasteiger partial charge < -0.3 is 10.2 Å². The number of hydrogen-bond acceptors (Lipinski definition) is 6. The molecule has 2 N–H and O–H groups in total. The van der Waals surface area contributed by atoms with Crippen LogP contribution < -0.4 is 0 Å². The Bertz CT molecular complexity index is 2170. The molecule has 0 heterocycles. The van der Waals surface area contributed by atoms with Crippen LogP contribution in [0.1, 0.15) is 22.3 Å². The molecule has 0 amide bonds. The minimum absolute atomic E-state index is 0.240. The van der Waals surface area contributed by atoms with E-state index in [4.69, 9.17) is 0 Å². The molecule has 0 fully saturated rings. The second kappa shape index (κ2) is 16.0. The number of nitrogens with zero attached hydrogens (tertiary/aromatic N) is 4. The fourth-order valence-electron chi connectivity index (χ4n) is 5.34. The van der Waals surface area contributed by atoms with Gasteiger partial charge in [-0.05, 0) is 142 Å². The third-order valence-corrected chi connectivity index (χ3v) is 8.31. The molecular weight excluding hydrogens is 641 g/mol. The maximum atomic E-state index is 9.44. The lowest BCUT2D eigenvalue weighted by Crippen LogP contribution is -1.84. The minimum atomic E-state index is 0.240. The van der Waals surface area contributed by atoms with E-state index in [1.165, 1.54) is 0 Å². The molecule has 0 bridgehead atoms. The SMILES string of the molecule is Oc1ccc(C=Nc2ccc(-c3ccc(N=Cc4ccc(C=Nc5ccc(-c6ccc(N=Cc7ccc(O)cc7)cc6)cc5)cc4)cc3)cc2)cc1. The first-order valence-corrected chi connectivity index (χ1v) is 16.8. The highest BCUT2D eigenvalue weighted by Crippen LogP contribution is 2.27. The van der Waals surface area contributed by atoms with Crippen molar-refractivity contribution in [1.82, 2.24) is 0 Å². The van der Waals surface area contributed by atoms with Crippen LogP contribution in [-0.4, -0.2) is 35.1 Å². The van der Waals surface area contributed by atoms with E-state index in [0.717, 1.165) is 67.3 Å². The van der Waals surface area contributed by atoms with E-state index >= 15 is 0 Å².